The molecule has 0 spiro atoms. The summed E-state index contributed by atoms with van der Waals surface area (Å²) >= 11 is 8.42. The molecule has 0 bridgehead atoms. The predicted octanol–water partition coefficient (Wildman–Crippen LogP) is 3.79. The number of carbonyl (C=O) groups is 1. The van der Waals surface area contributed by atoms with Crippen molar-refractivity contribution in [3.63, 3.8) is 0 Å². The molecule has 0 unspecified atom stereocenters. The minimum absolute atomic E-state index is 0.0556. The van der Waals surface area contributed by atoms with E-state index in [1.165, 1.54) is 25.7 Å². The van der Waals surface area contributed by atoms with Gasteiger partial charge in [0.1, 0.15) is 5.75 Å². The van der Waals surface area contributed by atoms with Crippen LogP contribution in [0.25, 0.3) is 0 Å². The third-order valence-corrected chi connectivity index (χ3v) is 3.78. The first-order valence-corrected chi connectivity index (χ1v) is 8.78. The van der Waals surface area contributed by atoms with Gasteiger partial charge in [-0.3, -0.25) is 4.79 Å². The fourth-order valence-electron chi connectivity index (χ4n) is 1.82. The number of ether oxygens (including phenoxy) is 1. The first-order valence-electron chi connectivity index (χ1n) is 7.58. The summed E-state index contributed by atoms with van der Waals surface area (Å²) in [5.41, 5.74) is 0. The van der Waals surface area contributed by atoms with Gasteiger partial charge in [0, 0.05) is 11.0 Å². The Morgan fingerprint density at radius 2 is 1.86 bits per heavy atom. The molecule has 0 aromatic heterocycles. The zero-order valence-electron chi connectivity index (χ0n) is 12.9. The van der Waals surface area contributed by atoms with Gasteiger partial charge in [0.15, 0.2) is 11.7 Å². The van der Waals surface area contributed by atoms with Gasteiger partial charge in [-0.05, 0) is 42.9 Å². The molecule has 2 N–H and O–H groups in total. The first-order chi connectivity index (χ1) is 10.6. The van der Waals surface area contributed by atoms with Crippen molar-refractivity contribution in [2.75, 3.05) is 13.2 Å². The highest BCUT2D eigenvalue weighted by atomic mass is 79.9. The number of halogens is 1. The molecular weight excluding hydrogens is 364 g/mol. The second kappa shape index (κ2) is 11.4. The zero-order chi connectivity index (χ0) is 16.2. The molecule has 1 rings (SSSR count). The molecule has 0 aliphatic rings. The number of rotatable bonds is 9. The Bertz CT molecular complexity index is 466. The molecule has 6 heteroatoms. The van der Waals surface area contributed by atoms with Crippen LogP contribution in [0.1, 0.15) is 39.0 Å². The number of thiocarbonyl (C=S) groups is 1. The summed E-state index contributed by atoms with van der Waals surface area (Å²) in [4.78, 5) is 11.7. The smallest absolute Gasteiger partial charge is 0.264 e. The lowest BCUT2D eigenvalue weighted by molar-refractivity contribution is -0.121. The summed E-state index contributed by atoms with van der Waals surface area (Å²) in [6, 6.07) is 7.31. The minimum Gasteiger partial charge on any atom is -0.484 e. The van der Waals surface area contributed by atoms with Gasteiger partial charge in [0.25, 0.3) is 5.91 Å². The fourth-order valence-corrected chi connectivity index (χ4v) is 2.30. The van der Waals surface area contributed by atoms with E-state index in [-0.39, 0.29) is 12.5 Å². The highest BCUT2D eigenvalue weighted by molar-refractivity contribution is 9.10. The number of unbranched alkanes of at least 4 members (excludes halogenated alkanes) is 4. The molecule has 0 saturated heterocycles. The van der Waals surface area contributed by atoms with Crippen LogP contribution in [0.15, 0.2) is 28.7 Å². The van der Waals surface area contributed by atoms with Crippen molar-refractivity contribution in [3.05, 3.63) is 28.7 Å². The zero-order valence-corrected chi connectivity index (χ0v) is 15.3. The van der Waals surface area contributed by atoms with Crippen LogP contribution in [-0.2, 0) is 4.79 Å². The van der Waals surface area contributed by atoms with Crippen molar-refractivity contribution < 1.29 is 9.53 Å². The molecule has 1 aromatic carbocycles. The van der Waals surface area contributed by atoms with Gasteiger partial charge >= 0.3 is 0 Å². The van der Waals surface area contributed by atoms with Gasteiger partial charge in [-0.1, -0.05) is 48.5 Å². The molecule has 0 aliphatic carbocycles. The molecular formula is C16H23BrN2O2S. The molecule has 1 amide bonds. The molecule has 0 atom stereocenters. The molecule has 122 valence electrons. The van der Waals surface area contributed by atoms with Gasteiger partial charge in [0.2, 0.25) is 0 Å². The van der Waals surface area contributed by atoms with Crippen molar-refractivity contribution >= 4 is 39.2 Å². The highest BCUT2D eigenvalue weighted by Crippen LogP contribution is 2.15. The summed E-state index contributed by atoms with van der Waals surface area (Å²) < 4.78 is 6.34. The second-order valence-corrected chi connectivity index (χ2v) is 6.28. The Morgan fingerprint density at radius 1 is 1.18 bits per heavy atom. The van der Waals surface area contributed by atoms with Crippen LogP contribution in [0.4, 0.5) is 0 Å². The van der Waals surface area contributed by atoms with Crippen LogP contribution in [0.2, 0.25) is 0 Å². The Morgan fingerprint density at radius 3 is 2.55 bits per heavy atom. The third-order valence-electron chi connectivity index (χ3n) is 3.00. The van der Waals surface area contributed by atoms with E-state index in [4.69, 9.17) is 17.0 Å². The lowest BCUT2D eigenvalue weighted by Crippen LogP contribution is -2.41. The first kappa shape index (κ1) is 18.9. The lowest BCUT2D eigenvalue weighted by Gasteiger charge is -2.10. The van der Waals surface area contributed by atoms with Crippen LogP contribution in [0.3, 0.4) is 0 Å². The average Bonchev–Trinajstić information content (AvgIpc) is 2.50. The normalized spacial score (nSPS) is 10.1. The Labute approximate surface area is 146 Å². The van der Waals surface area contributed by atoms with Gasteiger partial charge < -0.3 is 15.4 Å². The molecule has 0 heterocycles. The van der Waals surface area contributed by atoms with E-state index >= 15 is 0 Å². The van der Waals surface area contributed by atoms with Crippen molar-refractivity contribution in [1.82, 2.24) is 10.6 Å². The number of nitrogens with one attached hydrogen (secondary N) is 2. The summed E-state index contributed by atoms with van der Waals surface area (Å²) in [5.74, 6) is 0.388. The third kappa shape index (κ3) is 9.00. The van der Waals surface area contributed by atoms with Gasteiger partial charge in [-0.2, -0.15) is 0 Å². The fraction of sp³-hybridized carbons (Fsp3) is 0.500. The van der Waals surface area contributed by atoms with Crippen molar-refractivity contribution in [2.45, 2.75) is 39.0 Å². The Hall–Kier alpha value is -1.14. The predicted molar refractivity (Wildman–Crippen MR) is 97.1 cm³/mol. The molecule has 22 heavy (non-hydrogen) atoms. The van der Waals surface area contributed by atoms with Crippen LogP contribution < -0.4 is 15.4 Å². The maximum atomic E-state index is 11.7. The van der Waals surface area contributed by atoms with Crippen LogP contribution in [0.5, 0.6) is 5.75 Å². The maximum absolute atomic E-state index is 11.7. The molecule has 4 nitrogen and oxygen atoms in total. The molecule has 0 aliphatic heterocycles. The number of hydrogen-bond acceptors (Lipinski definition) is 3. The number of amides is 1. The van der Waals surface area contributed by atoms with Crippen LogP contribution >= 0.6 is 28.1 Å². The van der Waals surface area contributed by atoms with Crippen molar-refractivity contribution in [2.24, 2.45) is 0 Å². The lowest BCUT2D eigenvalue weighted by atomic mass is 10.1. The average molecular weight is 387 g/mol. The van der Waals surface area contributed by atoms with E-state index < -0.39 is 0 Å². The number of carbonyl (C=O) groups excluding carboxylic acids is 1. The monoisotopic (exact) mass is 386 g/mol. The highest BCUT2D eigenvalue weighted by Gasteiger charge is 2.05. The summed E-state index contributed by atoms with van der Waals surface area (Å²) in [7, 11) is 0. The topological polar surface area (TPSA) is 50.4 Å². The SMILES string of the molecule is CCCCCCCNC(=S)NC(=O)COc1ccc(Br)cc1. The quantitative estimate of drug-likeness (QED) is 0.500. The van der Waals surface area contributed by atoms with Gasteiger partial charge in [-0.25, -0.2) is 0 Å². The minimum atomic E-state index is -0.258. The molecule has 0 fully saturated rings. The van der Waals surface area contributed by atoms with Gasteiger partial charge in [0.05, 0.1) is 0 Å². The van der Waals surface area contributed by atoms with Crippen molar-refractivity contribution in [3.8, 4) is 5.75 Å². The molecule has 1 aromatic rings. The van der Waals surface area contributed by atoms with E-state index in [1.807, 2.05) is 12.1 Å². The standard InChI is InChI=1S/C16H23BrN2O2S/c1-2-3-4-5-6-11-18-16(22)19-15(20)12-21-14-9-7-13(17)8-10-14/h7-10H,2-6,11-12H2,1H3,(H2,18,19,20,22). The number of benzene rings is 1. The summed E-state index contributed by atoms with van der Waals surface area (Å²) in [6.45, 7) is 2.93. The van der Waals surface area contributed by atoms with E-state index in [1.54, 1.807) is 12.1 Å². The van der Waals surface area contributed by atoms with Gasteiger partial charge in [-0.15, -0.1) is 0 Å². The Balaban J connectivity index is 2.10. The summed E-state index contributed by atoms with van der Waals surface area (Å²) in [5, 5.41) is 6.01. The van der Waals surface area contributed by atoms with Crippen LogP contribution in [0, 0.1) is 0 Å². The molecule has 0 radical (unpaired) electrons. The molecule has 0 saturated carbocycles. The second-order valence-electron chi connectivity index (χ2n) is 4.96. The van der Waals surface area contributed by atoms with E-state index in [0.717, 1.165) is 17.4 Å². The van der Waals surface area contributed by atoms with E-state index in [0.29, 0.717) is 10.9 Å². The van der Waals surface area contributed by atoms with E-state index in [9.17, 15) is 4.79 Å². The van der Waals surface area contributed by atoms with Crippen molar-refractivity contribution in [1.29, 1.82) is 0 Å². The Kier molecular flexibility index (Phi) is 9.82. The maximum Gasteiger partial charge on any atom is 0.264 e. The number of hydrogen-bond donors (Lipinski definition) is 2. The van der Waals surface area contributed by atoms with E-state index in [2.05, 4.69) is 33.5 Å². The largest absolute Gasteiger partial charge is 0.484 e. The summed E-state index contributed by atoms with van der Waals surface area (Å²) in [6.07, 6.45) is 6.00. The van der Waals surface area contributed by atoms with Crippen LogP contribution in [-0.4, -0.2) is 24.2 Å².